The SMILES string of the molecule is COc1cc([N+](=O)[O-])ccc1OCCCCCS(N)(=O)=O. The van der Waals surface area contributed by atoms with Crippen LogP contribution < -0.4 is 14.6 Å². The number of rotatable bonds is 9. The van der Waals surface area contributed by atoms with Gasteiger partial charge in [-0.3, -0.25) is 10.1 Å². The van der Waals surface area contributed by atoms with E-state index in [0.29, 0.717) is 31.6 Å². The van der Waals surface area contributed by atoms with Crippen molar-refractivity contribution in [2.24, 2.45) is 5.14 Å². The second kappa shape index (κ2) is 7.79. The zero-order valence-corrected chi connectivity index (χ0v) is 12.5. The third-order valence-electron chi connectivity index (χ3n) is 2.69. The van der Waals surface area contributed by atoms with Gasteiger partial charge in [0.25, 0.3) is 5.69 Å². The highest BCUT2D eigenvalue weighted by Gasteiger charge is 2.12. The smallest absolute Gasteiger partial charge is 0.273 e. The van der Waals surface area contributed by atoms with Crippen LogP contribution in [0.4, 0.5) is 5.69 Å². The lowest BCUT2D eigenvalue weighted by atomic mass is 10.2. The molecule has 0 saturated heterocycles. The van der Waals surface area contributed by atoms with Gasteiger partial charge in [-0.2, -0.15) is 0 Å². The second-order valence-electron chi connectivity index (χ2n) is 4.37. The van der Waals surface area contributed by atoms with Crippen molar-refractivity contribution >= 4 is 15.7 Å². The van der Waals surface area contributed by atoms with Crippen LogP contribution in [0.5, 0.6) is 11.5 Å². The molecule has 1 aromatic rings. The van der Waals surface area contributed by atoms with E-state index in [-0.39, 0.29) is 17.2 Å². The Labute approximate surface area is 123 Å². The van der Waals surface area contributed by atoms with Gasteiger partial charge in [0.15, 0.2) is 11.5 Å². The van der Waals surface area contributed by atoms with E-state index in [0.717, 1.165) is 0 Å². The molecule has 0 heterocycles. The van der Waals surface area contributed by atoms with Gasteiger partial charge in [-0.25, -0.2) is 13.6 Å². The topological polar surface area (TPSA) is 122 Å². The van der Waals surface area contributed by atoms with Crippen molar-refractivity contribution in [2.75, 3.05) is 19.5 Å². The minimum Gasteiger partial charge on any atom is -0.493 e. The highest BCUT2D eigenvalue weighted by atomic mass is 32.2. The molecular formula is C12H18N2O6S. The Morgan fingerprint density at radius 3 is 2.52 bits per heavy atom. The summed E-state index contributed by atoms with van der Waals surface area (Å²) < 4.78 is 32.0. The summed E-state index contributed by atoms with van der Waals surface area (Å²) in [4.78, 5) is 10.1. The summed E-state index contributed by atoms with van der Waals surface area (Å²) in [6.07, 6.45) is 1.78. The van der Waals surface area contributed by atoms with Crippen LogP contribution in [0.15, 0.2) is 18.2 Å². The number of nitrogens with zero attached hydrogens (tertiary/aromatic N) is 1. The van der Waals surface area contributed by atoms with Crippen LogP contribution in [0.3, 0.4) is 0 Å². The monoisotopic (exact) mass is 318 g/mol. The number of sulfonamides is 1. The minimum atomic E-state index is -3.41. The van der Waals surface area contributed by atoms with Crippen LogP contribution in [-0.4, -0.2) is 32.8 Å². The first kappa shape index (κ1) is 17.2. The fraction of sp³-hybridized carbons (Fsp3) is 0.500. The number of nitrogens with two attached hydrogens (primary N) is 1. The maximum absolute atomic E-state index is 10.7. The number of methoxy groups -OCH3 is 1. The molecule has 0 spiro atoms. The van der Waals surface area contributed by atoms with Crippen molar-refractivity contribution in [3.63, 3.8) is 0 Å². The van der Waals surface area contributed by atoms with Gasteiger partial charge in [0.1, 0.15) is 0 Å². The number of hydrogen-bond donors (Lipinski definition) is 1. The third-order valence-corrected chi connectivity index (χ3v) is 3.55. The predicted octanol–water partition coefficient (Wildman–Crippen LogP) is 1.44. The maximum atomic E-state index is 10.7. The van der Waals surface area contributed by atoms with E-state index < -0.39 is 14.9 Å². The van der Waals surface area contributed by atoms with Gasteiger partial charge in [0.05, 0.1) is 30.5 Å². The van der Waals surface area contributed by atoms with Crippen LogP contribution >= 0.6 is 0 Å². The number of unbranched alkanes of at least 4 members (excludes halogenated alkanes) is 2. The summed E-state index contributed by atoms with van der Waals surface area (Å²) in [5.41, 5.74) is -0.0765. The van der Waals surface area contributed by atoms with Gasteiger partial charge in [-0.05, 0) is 25.3 Å². The Balaban J connectivity index is 2.43. The van der Waals surface area contributed by atoms with Crippen LogP contribution in [0.25, 0.3) is 0 Å². The molecule has 0 fully saturated rings. The van der Waals surface area contributed by atoms with E-state index in [1.807, 2.05) is 0 Å². The molecule has 0 aliphatic heterocycles. The van der Waals surface area contributed by atoms with Gasteiger partial charge < -0.3 is 9.47 Å². The van der Waals surface area contributed by atoms with Crippen molar-refractivity contribution in [3.8, 4) is 11.5 Å². The van der Waals surface area contributed by atoms with Crippen molar-refractivity contribution in [1.82, 2.24) is 0 Å². The summed E-state index contributed by atoms with van der Waals surface area (Å²) in [7, 11) is -2.01. The molecule has 0 aromatic heterocycles. The molecular weight excluding hydrogens is 300 g/mol. The summed E-state index contributed by atoms with van der Waals surface area (Å²) in [5, 5.41) is 15.5. The van der Waals surface area contributed by atoms with E-state index in [4.69, 9.17) is 14.6 Å². The van der Waals surface area contributed by atoms with Crippen molar-refractivity contribution < 1.29 is 22.8 Å². The van der Waals surface area contributed by atoms with Gasteiger partial charge in [0, 0.05) is 6.07 Å². The van der Waals surface area contributed by atoms with Crippen LogP contribution in [0.2, 0.25) is 0 Å². The Morgan fingerprint density at radius 2 is 1.95 bits per heavy atom. The summed E-state index contributed by atoms with van der Waals surface area (Å²) >= 11 is 0. The average Bonchev–Trinajstić information content (AvgIpc) is 2.41. The van der Waals surface area contributed by atoms with Crippen LogP contribution in [0, 0.1) is 10.1 Å². The Kier molecular flexibility index (Phi) is 6.38. The van der Waals surface area contributed by atoms with Crippen LogP contribution in [-0.2, 0) is 10.0 Å². The summed E-state index contributed by atoms with van der Waals surface area (Å²) in [5.74, 6) is 0.650. The number of nitro benzene ring substituents is 1. The molecule has 0 bridgehead atoms. The molecule has 8 nitrogen and oxygen atoms in total. The fourth-order valence-corrected chi connectivity index (χ4v) is 2.26. The largest absolute Gasteiger partial charge is 0.493 e. The Hall–Kier alpha value is -1.87. The average molecular weight is 318 g/mol. The lowest BCUT2D eigenvalue weighted by Crippen LogP contribution is -2.16. The highest BCUT2D eigenvalue weighted by Crippen LogP contribution is 2.31. The van der Waals surface area contributed by atoms with Crippen molar-refractivity contribution in [1.29, 1.82) is 0 Å². The molecule has 1 aromatic carbocycles. The van der Waals surface area contributed by atoms with E-state index in [1.54, 1.807) is 0 Å². The van der Waals surface area contributed by atoms with E-state index >= 15 is 0 Å². The standard InChI is InChI=1S/C12H18N2O6S/c1-19-12-9-10(14(15)16)5-6-11(12)20-7-3-2-4-8-21(13,17)18/h5-6,9H,2-4,7-8H2,1H3,(H2,13,17,18). The molecule has 118 valence electrons. The molecule has 0 aliphatic carbocycles. The van der Waals surface area contributed by atoms with Gasteiger partial charge >= 0.3 is 0 Å². The van der Waals surface area contributed by atoms with E-state index in [1.165, 1.54) is 25.3 Å². The summed E-state index contributed by atoms with van der Waals surface area (Å²) in [6.45, 7) is 0.360. The zero-order chi connectivity index (χ0) is 15.9. The molecule has 0 atom stereocenters. The zero-order valence-electron chi connectivity index (χ0n) is 11.6. The lowest BCUT2D eigenvalue weighted by Gasteiger charge is -2.10. The normalized spacial score (nSPS) is 11.1. The first-order valence-corrected chi connectivity index (χ1v) is 8.01. The molecule has 2 N–H and O–H groups in total. The number of nitro groups is 1. The molecule has 0 amide bonds. The summed E-state index contributed by atoms with van der Waals surface area (Å²) in [6, 6.07) is 4.09. The molecule has 1 rings (SSSR count). The number of primary sulfonamides is 1. The van der Waals surface area contributed by atoms with Crippen LogP contribution in [0.1, 0.15) is 19.3 Å². The van der Waals surface area contributed by atoms with Gasteiger partial charge in [-0.1, -0.05) is 0 Å². The van der Waals surface area contributed by atoms with Crippen molar-refractivity contribution in [3.05, 3.63) is 28.3 Å². The van der Waals surface area contributed by atoms with E-state index in [2.05, 4.69) is 0 Å². The maximum Gasteiger partial charge on any atom is 0.273 e. The van der Waals surface area contributed by atoms with Gasteiger partial charge in [0.2, 0.25) is 10.0 Å². The quantitative estimate of drug-likeness (QED) is 0.417. The fourth-order valence-electron chi connectivity index (χ4n) is 1.65. The number of ether oxygens (including phenoxy) is 2. The molecule has 0 aliphatic rings. The highest BCUT2D eigenvalue weighted by molar-refractivity contribution is 7.89. The molecule has 0 radical (unpaired) electrons. The number of benzene rings is 1. The van der Waals surface area contributed by atoms with Gasteiger partial charge in [-0.15, -0.1) is 0 Å². The molecule has 0 saturated carbocycles. The Bertz CT molecular complexity index is 587. The second-order valence-corrected chi connectivity index (χ2v) is 6.10. The first-order chi connectivity index (χ1) is 9.83. The minimum absolute atomic E-state index is 0.0478. The first-order valence-electron chi connectivity index (χ1n) is 6.29. The third kappa shape index (κ3) is 6.41. The number of hydrogen-bond acceptors (Lipinski definition) is 6. The Morgan fingerprint density at radius 1 is 1.24 bits per heavy atom. The predicted molar refractivity (Wildman–Crippen MR) is 77.0 cm³/mol. The molecule has 21 heavy (non-hydrogen) atoms. The molecule has 9 heteroatoms. The molecule has 0 unspecified atom stereocenters. The lowest BCUT2D eigenvalue weighted by molar-refractivity contribution is -0.385. The van der Waals surface area contributed by atoms with E-state index in [9.17, 15) is 18.5 Å². The van der Waals surface area contributed by atoms with Crippen molar-refractivity contribution in [2.45, 2.75) is 19.3 Å². The number of non-ortho nitro benzene ring substituents is 1.